The first-order valence-electron chi connectivity index (χ1n) is 18.7. The lowest BCUT2D eigenvalue weighted by atomic mass is 9.95. The van der Waals surface area contributed by atoms with Crippen LogP contribution in [0.3, 0.4) is 0 Å². The van der Waals surface area contributed by atoms with Crippen molar-refractivity contribution in [2.75, 3.05) is 13.2 Å². The lowest BCUT2D eigenvalue weighted by molar-refractivity contribution is -0.220. The van der Waals surface area contributed by atoms with Gasteiger partial charge < -0.3 is 24.4 Å². The van der Waals surface area contributed by atoms with Gasteiger partial charge in [-0.2, -0.15) is 0 Å². The maximum atomic E-state index is 13.2. The molecule has 1 unspecified atom stereocenters. The van der Waals surface area contributed by atoms with Crippen LogP contribution in [0.15, 0.2) is 170 Å². The fourth-order valence-electron chi connectivity index (χ4n) is 5.68. The van der Waals surface area contributed by atoms with Gasteiger partial charge in [0, 0.05) is 11.1 Å². The summed E-state index contributed by atoms with van der Waals surface area (Å²) in [6, 6.07) is 54.5. The molecule has 2 N–H and O–H groups in total. The Hall–Kier alpha value is -6.52. The zero-order chi connectivity index (χ0) is 43.2. The van der Waals surface area contributed by atoms with Gasteiger partial charge in [-0.3, -0.25) is 14.4 Å². The van der Waals surface area contributed by atoms with Crippen LogP contribution in [0.2, 0.25) is 0 Å². The van der Waals surface area contributed by atoms with Crippen LogP contribution in [0.25, 0.3) is 21.2 Å². The normalized spacial score (nSPS) is 12.3. The standard InChI is InChI=1S/C23H21ClO.C20H14ClF.C6H8O7/c1-2-17-25-21-15-13-19(14-16-21)22(18-9-5-3-6-10-18)23(24)20-11-7-4-8-12-20;21-20(17-9-5-2-6-10-17)19(15-7-3-1-4-8-15)16-11-13-18(22)14-12-16;7-3-12-2-6(11,13-4-8)1-5(9)10/h3-16H,2,17H2,1H3;1-14H;3-4,11H,1-2H2,(H,9,10)/b23-22-;20-19-;. The number of ether oxygens (including phenoxy) is 3. The number of hydrogen-bond acceptors (Lipinski definition) is 7. The van der Waals surface area contributed by atoms with Crippen LogP contribution in [-0.2, 0) is 23.9 Å². The van der Waals surface area contributed by atoms with Crippen LogP contribution in [0.5, 0.6) is 5.75 Å². The lowest BCUT2D eigenvalue weighted by Crippen LogP contribution is -2.39. The molecule has 6 rings (SSSR count). The first-order valence-corrected chi connectivity index (χ1v) is 19.5. The highest BCUT2D eigenvalue weighted by molar-refractivity contribution is 6.53. The minimum absolute atomic E-state index is 0.000976. The molecule has 308 valence electrons. The van der Waals surface area contributed by atoms with E-state index in [0.717, 1.165) is 68.3 Å². The summed E-state index contributed by atoms with van der Waals surface area (Å²) in [5.74, 6) is -3.06. The molecule has 1 atom stereocenters. The van der Waals surface area contributed by atoms with E-state index in [0.29, 0.717) is 5.03 Å². The van der Waals surface area contributed by atoms with E-state index in [1.807, 2.05) is 121 Å². The Labute approximate surface area is 358 Å². The summed E-state index contributed by atoms with van der Waals surface area (Å²) in [7, 11) is 0. The molecule has 0 saturated heterocycles. The molecule has 0 amide bonds. The van der Waals surface area contributed by atoms with Crippen molar-refractivity contribution in [3.05, 3.63) is 209 Å². The number of carbonyl (C=O) groups is 3. The molecule has 0 spiro atoms. The van der Waals surface area contributed by atoms with Crippen molar-refractivity contribution >= 4 is 63.3 Å². The molecule has 0 aliphatic heterocycles. The maximum Gasteiger partial charge on any atom is 0.310 e. The summed E-state index contributed by atoms with van der Waals surface area (Å²) in [5.41, 5.74) is 7.93. The third-order valence-corrected chi connectivity index (χ3v) is 9.25. The molecule has 0 radical (unpaired) electrons. The average Bonchev–Trinajstić information content (AvgIpc) is 3.28. The van der Waals surface area contributed by atoms with E-state index in [-0.39, 0.29) is 18.8 Å². The molecule has 8 nitrogen and oxygen atoms in total. The number of carboxylic acids is 1. The summed E-state index contributed by atoms with van der Waals surface area (Å²) in [5, 5.41) is 18.9. The Kier molecular flexibility index (Phi) is 18.8. The van der Waals surface area contributed by atoms with Crippen molar-refractivity contribution in [2.24, 2.45) is 0 Å². The first kappa shape index (κ1) is 46.2. The molecule has 0 aliphatic carbocycles. The topological polar surface area (TPSA) is 119 Å². The summed E-state index contributed by atoms with van der Waals surface area (Å²) in [6.45, 7) is 1.98. The van der Waals surface area contributed by atoms with Crippen LogP contribution in [0.1, 0.15) is 53.1 Å². The Balaban J connectivity index is 0.000000209. The van der Waals surface area contributed by atoms with Crippen molar-refractivity contribution < 1.29 is 43.2 Å². The quantitative estimate of drug-likeness (QED) is 0.0561. The van der Waals surface area contributed by atoms with Crippen LogP contribution >= 0.6 is 23.2 Å². The minimum Gasteiger partial charge on any atom is -0.494 e. The predicted molar refractivity (Wildman–Crippen MR) is 234 cm³/mol. The summed E-state index contributed by atoms with van der Waals surface area (Å²) in [4.78, 5) is 29.7. The largest absolute Gasteiger partial charge is 0.494 e. The predicted octanol–water partition coefficient (Wildman–Crippen LogP) is 11.1. The van der Waals surface area contributed by atoms with Gasteiger partial charge in [0.1, 0.15) is 18.0 Å². The molecule has 0 heterocycles. The van der Waals surface area contributed by atoms with E-state index in [1.54, 1.807) is 12.1 Å². The second-order valence-corrected chi connectivity index (χ2v) is 13.6. The van der Waals surface area contributed by atoms with E-state index in [4.69, 9.17) is 33.0 Å². The van der Waals surface area contributed by atoms with Gasteiger partial charge in [-0.05, 0) is 64.1 Å². The second kappa shape index (κ2) is 24.4. The van der Waals surface area contributed by atoms with Crippen molar-refractivity contribution in [2.45, 2.75) is 25.6 Å². The van der Waals surface area contributed by atoms with E-state index in [1.165, 1.54) is 12.1 Å². The Bertz CT molecular complexity index is 2290. The smallest absolute Gasteiger partial charge is 0.310 e. The number of halogens is 3. The van der Waals surface area contributed by atoms with Gasteiger partial charge >= 0.3 is 5.97 Å². The van der Waals surface area contributed by atoms with Gasteiger partial charge in [-0.15, -0.1) is 0 Å². The molecule has 6 aromatic carbocycles. The van der Waals surface area contributed by atoms with Crippen molar-refractivity contribution in [3.8, 4) is 5.75 Å². The molecular formula is C49H43Cl2FO8. The molecule has 0 aliphatic rings. The molecule has 0 fully saturated rings. The van der Waals surface area contributed by atoms with E-state index >= 15 is 0 Å². The Morgan fingerprint density at radius 2 is 0.983 bits per heavy atom. The van der Waals surface area contributed by atoms with Gasteiger partial charge in [-0.1, -0.05) is 176 Å². The number of rotatable bonds is 16. The van der Waals surface area contributed by atoms with E-state index < -0.39 is 24.8 Å². The van der Waals surface area contributed by atoms with Crippen LogP contribution < -0.4 is 4.74 Å². The lowest BCUT2D eigenvalue weighted by Gasteiger charge is -2.22. The fraction of sp³-hybridized carbons (Fsp3) is 0.122. The van der Waals surface area contributed by atoms with E-state index in [9.17, 15) is 23.9 Å². The number of aliphatic hydroxyl groups is 1. The molecule has 60 heavy (non-hydrogen) atoms. The molecular weight excluding hydrogens is 806 g/mol. The van der Waals surface area contributed by atoms with Crippen molar-refractivity contribution in [1.82, 2.24) is 0 Å². The molecule has 6 aromatic rings. The molecule has 0 saturated carbocycles. The van der Waals surface area contributed by atoms with Crippen LogP contribution in [-0.4, -0.2) is 48.1 Å². The van der Waals surface area contributed by atoms with Crippen molar-refractivity contribution in [3.63, 3.8) is 0 Å². The summed E-state index contributed by atoms with van der Waals surface area (Å²) >= 11 is 13.5. The Morgan fingerprint density at radius 1 is 0.600 bits per heavy atom. The monoisotopic (exact) mass is 848 g/mol. The summed E-state index contributed by atoms with van der Waals surface area (Å²) in [6.07, 6.45) is 0.135. The zero-order valence-electron chi connectivity index (χ0n) is 32.6. The summed E-state index contributed by atoms with van der Waals surface area (Å²) < 4.78 is 27.0. The first-order chi connectivity index (χ1) is 29.1. The van der Waals surface area contributed by atoms with Crippen LogP contribution in [0.4, 0.5) is 4.39 Å². The number of carboxylic acid groups (broad SMARTS) is 1. The number of carbonyl (C=O) groups excluding carboxylic acids is 2. The number of aliphatic carboxylic acids is 1. The highest BCUT2D eigenvalue weighted by atomic mass is 35.5. The Morgan fingerprint density at radius 3 is 1.35 bits per heavy atom. The fourth-order valence-corrected chi connectivity index (χ4v) is 6.37. The third kappa shape index (κ3) is 14.4. The minimum atomic E-state index is -2.30. The van der Waals surface area contributed by atoms with Gasteiger partial charge in [-0.25, -0.2) is 4.39 Å². The average molecular weight is 850 g/mol. The van der Waals surface area contributed by atoms with Gasteiger partial charge in [0.25, 0.3) is 18.7 Å². The van der Waals surface area contributed by atoms with Crippen LogP contribution in [0, 0.1) is 5.82 Å². The number of benzene rings is 6. The van der Waals surface area contributed by atoms with Gasteiger partial charge in [0.05, 0.1) is 16.7 Å². The molecule has 0 aromatic heterocycles. The van der Waals surface area contributed by atoms with Gasteiger partial charge in [0.15, 0.2) is 6.61 Å². The third-order valence-electron chi connectivity index (χ3n) is 8.44. The SMILES string of the molecule is CCCOc1ccc(/C(=C(\Cl)c2ccccc2)c2ccccc2)cc1.Fc1ccc(/C(=C(\Cl)c2ccccc2)c2ccccc2)cc1.O=COCC(O)(CC(=O)O)OC=O. The highest BCUT2D eigenvalue weighted by Gasteiger charge is 2.33. The second-order valence-electron chi connectivity index (χ2n) is 12.9. The molecule has 0 bridgehead atoms. The zero-order valence-corrected chi connectivity index (χ0v) is 34.1. The highest BCUT2D eigenvalue weighted by Crippen LogP contribution is 2.36. The van der Waals surface area contributed by atoms with Crippen molar-refractivity contribution in [1.29, 1.82) is 0 Å². The van der Waals surface area contributed by atoms with E-state index in [2.05, 4.69) is 40.7 Å². The number of hydrogen-bond donors (Lipinski definition) is 2. The molecule has 11 heteroatoms. The van der Waals surface area contributed by atoms with Gasteiger partial charge in [0.2, 0.25) is 0 Å². The maximum absolute atomic E-state index is 13.2.